The average molecular weight is 1140 g/mol. The topological polar surface area (TPSA) is 133 Å². The van der Waals surface area contributed by atoms with Gasteiger partial charge in [0.05, 0.1) is 59.8 Å². The molecule has 0 aliphatic carbocycles. The lowest BCUT2D eigenvalue weighted by Crippen LogP contribution is -1.92. The van der Waals surface area contributed by atoms with Gasteiger partial charge in [-0.1, -0.05) is 146 Å². The molecular weight excluding hydrogens is 1080 g/mol. The molecule has 16 rings (SSSR count). The van der Waals surface area contributed by atoms with E-state index in [0.29, 0.717) is 0 Å². The van der Waals surface area contributed by atoms with Gasteiger partial charge in [0.2, 0.25) is 0 Å². The minimum absolute atomic E-state index is 0.749. The lowest BCUT2D eigenvalue weighted by molar-refractivity contribution is 0.415. The molecule has 0 fully saturated rings. The van der Waals surface area contributed by atoms with E-state index in [1.165, 1.54) is 0 Å². The van der Waals surface area contributed by atoms with Crippen LogP contribution in [0.5, 0.6) is 11.5 Å². The Morgan fingerprint density at radius 1 is 0.205 bits per heavy atom. The fourth-order valence-corrected chi connectivity index (χ4v) is 12.7. The predicted molar refractivity (Wildman–Crippen MR) is 362 cm³/mol. The standard InChI is InChI=1S/C78H54N8O2/c1-87-53-27-23-51(24-28-53)75-63-35-31-55(79-63)71(47-15-7-3-8-16-47)59-39-43-67(83-59)77(68-44-40-60(84-68)72(48-17-9-4-10-18-48)56-32-36-64(75)80-56)78-69-45-41-61(85-69)73(49-19-11-5-12-20-49)57-33-37-65(81-57)76(52-25-29-54(88-2)30-26-52)66-38-34-58(82-66)74(50-21-13-6-14-22-50)62-42-46-70(78)86-62/h3-46,79,81,84,86H,1-2H3. The third kappa shape index (κ3) is 9.15. The van der Waals surface area contributed by atoms with Crippen LogP contribution in [0.4, 0.5) is 0 Å². The van der Waals surface area contributed by atoms with Gasteiger partial charge in [0.1, 0.15) is 11.5 Å². The molecule has 0 spiro atoms. The van der Waals surface area contributed by atoms with Gasteiger partial charge >= 0.3 is 0 Å². The number of benzene rings is 6. The minimum Gasteiger partial charge on any atom is -0.497 e. The molecule has 0 amide bonds. The van der Waals surface area contributed by atoms with E-state index in [2.05, 4.69) is 238 Å². The van der Waals surface area contributed by atoms with Crippen molar-refractivity contribution in [3.8, 4) is 89.4 Å². The highest BCUT2D eigenvalue weighted by Crippen LogP contribution is 2.43. The summed E-state index contributed by atoms with van der Waals surface area (Å²) in [7, 11) is 3.38. The van der Waals surface area contributed by atoms with E-state index in [1.807, 2.05) is 48.5 Å². The number of H-pyrrole nitrogens is 4. The van der Waals surface area contributed by atoms with Gasteiger partial charge in [-0.2, -0.15) is 0 Å². The molecule has 88 heavy (non-hydrogen) atoms. The van der Waals surface area contributed by atoms with Crippen molar-refractivity contribution in [1.82, 2.24) is 39.9 Å². The summed E-state index contributed by atoms with van der Waals surface area (Å²) in [5, 5.41) is 0. The van der Waals surface area contributed by atoms with Gasteiger partial charge in [0.25, 0.3) is 0 Å². The minimum atomic E-state index is 0.749. The number of fused-ring (bicyclic) bond motifs is 16. The van der Waals surface area contributed by atoms with E-state index in [9.17, 15) is 0 Å². The Morgan fingerprint density at radius 2 is 0.386 bits per heavy atom. The first kappa shape index (κ1) is 51.7. The summed E-state index contributed by atoms with van der Waals surface area (Å²) in [6.45, 7) is 0. The molecule has 4 aliphatic heterocycles. The van der Waals surface area contributed by atoms with Crippen molar-refractivity contribution < 1.29 is 9.47 Å². The Bertz CT molecular complexity index is 4840. The maximum atomic E-state index is 5.77. The molecule has 16 bridgehead atoms. The van der Waals surface area contributed by atoms with Crippen LogP contribution in [-0.2, 0) is 0 Å². The van der Waals surface area contributed by atoms with Crippen LogP contribution in [0.1, 0.15) is 45.6 Å². The zero-order chi connectivity index (χ0) is 58.7. The molecule has 12 aromatic rings. The molecule has 10 heteroatoms. The first-order valence-corrected chi connectivity index (χ1v) is 29.3. The van der Waals surface area contributed by atoms with Crippen molar-refractivity contribution in [2.75, 3.05) is 14.2 Å². The highest BCUT2D eigenvalue weighted by Gasteiger charge is 2.24. The summed E-state index contributed by atoms with van der Waals surface area (Å²) >= 11 is 0. The van der Waals surface area contributed by atoms with Crippen LogP contribution in [-0.4, -0.2) is 54.1 Å². The van der Waals surface area contributed by atoms with Crippen LogP contribution in [0.3, 0.4) is 0 Å². The third-order valence-corrected chi connectivity index (χ3v) is 16.8. The first-order chi connectivity index (χ1) is 43.5. The van der Waals surface area contributed by atoms with Crippen molar-refractivity contribution in [2.45, 2.75) is 0 Å². The second-order valence-corrected chi connectivity index (χ2v) is 21.9. The number of nitrogens with one attached hydrogen (secondary N) is 4. The largest absolute Gasteiger partial charge is 0.497 e. The van der Waals surface area contributed by atoms with E-state index in [4.69, 9.17) is 29.4 Å². The third-order valence-electron chi connectivity index (χ3n) is 16.8. The Balaban J connectivity index is 1.07. The molecule has 0 radical (unpaired) electrons. The molecule has 6 aromatic heterocycles. The van der Waals surface area contributed by atoms with Crippen LogP contribution in [0.2, 0.25) is 0 Å². The fourth-order valence-electron chi connectivity index (χ4n) is 12.7. The number of methoxy groups -OCH3 is 2. The SMILES string of the molecule is COc1ccc(-c2c3nc(c(-c4ccccc4)c4ccc([nH]4)c(-c4c5nc(c(-c6ccccc6)c6ccc([nH]6)c(-c6ccc(OC)cc6)c6nc(c(-c7ccccc7)c7ccc4[nH]7)C=C6)C=C5)c4nc(c(-c5ccccc5)c5ccc2[nH]5)C=C4)C=C3)cc1. The Hall–Kier alpha value is -11.9. The molecule has 418 valence electrons. The molecular formula is C78H54N8O2. The summed E-state index contributed by atoms with van der Waals surface area (Å²) in [5.74, 6) is 1.55. The van der Waals surface area contributed by atoms with Crippen LogP contribution in [0, 0.1) is 0 Å². The molecule has 4 aliphatic rings. The molecule has 0 atom stereocenters. The Labute approximate surface area is 507 Å². The van der Waals surface area contributed by atoms with Gasteiger partial charge < -0.3 is 29.4 Å². The monoisotopic (exact) mass is 1130 g/mol. The zero-order valence-electron chi connectivity index (χ0n) is 48.0. The van der Waals surface area contributed by atoms with Crippen molar-refractivity contribution in [3.05, 3.63) is 264 Å². The fraction of sp³-hybridized carbons (Fsp3) is 0.0256. The first-order valence-electron chi connectivity index (χ1n) is 29.3. The second-order valence-electron chi connectivity index (χ2n) is 21.9. The smallest absolute Gasteiger partial charge is 0.118 e. The highest BCUT2D eigenvalue weighted by atomic mass is 16.5. The van der Waals surface area contributed by atoms with Crippen molar-refractivity contribution in [3.63, 3.8) is 0 Å². The van der Waals surface area contributed by atoms with Crippen molar-refractivity contribution >= 4 is 92.7 Å². The van der Waals surface area contributed by atoms with Gasteiger partial charge in [0.15, 0.2) is 0 Å². The number of ether oxygens (including phenoxy) is 2. The van der Waals surface area contributed by atoms with E-state index in [1.54, 1.807) is 14.2 Å². The van der Waals surface area contributed by atoms with Crippen LogP contribution >= 0.6 is 0 Å². The molecule has 6 aromatic carbocycles. The number of hydrogen-bond acceptors (Lipinski definition) is 6. The van der Waals surface area contributed by atoms with Gasteiger partial charge in [-0.05, 0) is 155 Å². The predicted octanol–water partition coefficient (Wildman–Crippen LogP) is 19.3. The van der Waals surface area contributed by atoms with E-state index in [0.717, 1.165) is 179 Å². The molecule has 0 unspecified atom stereocenters. The van der Waals surface area contributed by atoms with Crippen LogP contribution < -0.4 is 9.47 Å². The van der Waals surface area contributed by atoms with Crippen LogP contribution in [0.25, 0.3) is 171 Å². The molecule has 10 nitrogen and oxygen atoms in total. The Kier molecular flexibility index (Phi) is 12.7. The second kappa shape index (κ2) is 21.6. The molecule has 10 heterocycles. The summed E-state index contributed by atoms with van der Waals surface area (Å²) in [6.07, 6.45) is 17.1. The van der Waals surface area contributed by atoms with Crippen LogP contribution in [0.15, 0.2) is 218 Å². The van der Waals surface area contributed by atoms with Crippen molar-refractivity contribution in [1.29, 1.82) is 0 Å². The number of aromatic amines is 4. The number of aromatic nitrogens is 8. The van der Waals surface area contributed by atoms with E-state index in [-0.39, 0.29) is 0 Å². The molecule has 4 N–H and O–H groups in total. The molecule has 0 saturated heterocycles. The summed E-state index contributed by atoms with van der Waals surface area (Å²) in [4.78, 5) is 38.5. The molecule has 0 saturated carbocycles. The quantitative estimate of drug-likeness (QED) is 0.114. The van der Waals surface area contributed by atoms with Gasteiger partial charge in [-0.25, -0.2) is 19.9 Å². The van der Waals surface area contributed by atoms with Crippen molar-refractivity contribution in [2.24, 2.45) is 0 Å². The van der Waals surface area contributed by atoms with Gasteiger partial charge in [0, 0.05) is 88.6 Å². The lowest BCUT2D eigenvalue weighted by Gasteiger charge is -2.09. The maximum Gasteiger partial charge on any atom is 0.118 e. The van der Waals surface area contributed by atoms with E-state index >= 15 is 0 Å². The summed E-state index contributed by atoms with van der Waals surface area (Å²) in [6, 6.07) is 75.7. The zero-order valence-corrected chi connectivity index (χ0v) is 48.0. The van der Waals surface area contributed by atoms with Gasteiger partial charge in [-0.3, -0.25) is 0 Å². The number of hydrogen-bond donors (Lipinski definition) is 4. The highest BCUT2D eigenvalue weighted by molar-refractivity contribution is 6.06. The Morgan fingerprint density at radius 3 is 0.591 bits per heavy atom. The average Bonchev–Trinajstić information content (AvgIpc) is 1.95. The summed E-state index contributed by atoms with van der Waals surface area (Å²) in [5.41, 5.74) is 26.9. The maximum absolute atomic E-state index is 5.77. The lowest BCUT2D eigenvalue weighted by atomic mass is 10.0. The summed E-state index contributed by atoms with van der Waals surface area (Å²) < 4.78 is 11.3. The number of nitrogens with zero attached hydrogens (tertiary/aromatic N) is 4. The van der Waals surface area contributed by atoms with Gasteiger partial charge in [-0.15, -0.1) is 0 Å². The normalized spacial score (nSPS) is 12.2. The number of rotatable bonds is 9. The van der Waals surface area contributed by atoms with E-state index < -0.39 is 0 Å².